The van der Waals surface area contributed by atoms with Crippen LogP contribution in [0.25, 0.3) is 10.2 Å². The number of urea groups is 1. The van der Waals surface area contributed by atoms with Crippen LogP contribution in [0.1, 0.15) is 12.5 Å². The number of benzene rings is 3. The van der Waals surface area contributed by atoms with Gasteiger partial charge in [0.15, 0.2) is 4.34 Å². The molecule has 1 aromatic heterocycles. The van der Waals surface area contributed by atoms with E-state index in [1.54, 1.807) is 0 Å². The van der Waals surface area contributed by atoms with E-state index in [0.29, 0.717) is 5.69 Å². The van der Waals surface area contributed by atoms with Gasteiger partial charge in [-0.1, -0.05) is 49.0 Å². The van der Waals surface area contributed by atoms with Gasteiger partial charge in [0.2, 0.25) is 5.91 Å². The Morgan fingerprint density at radius 3 is 2.31 bits per heavy atom. The molecule has 4 rings (SSSR count). The van der Waals surface area contributed by atoms with E-state index in [-0.39, 0.29) is 17.7 Å². The van der Waals surface area contributed by atoms with E-state index in [1.807, 2.05) is 72.8 Å². The number of para-hydroxylation sites is 1. The van der Waals surface area contributed by atoms with Crippen LogP contribution in [0.5, 0.6) is 0 Å². The van der Waals surface area contributed by atoms with Gasteiger partial charge in [-0.15, -0.1) is 11.3 Å². The fraction of sp³-hybridized carbons (Fsp3) is 0.125. The summed E-state index contributed by atoms with van der Waals surface area (Å²) in [4.78, 5) is 29.0. The molecule has 3 N–H and O–H groups in total. The van der Waals surface area contributed by atoms with Gasteiger partial charge in [0, 0.05) is 17.1 Å². The van der Waals surface area contributed by atoms with Crippen molar-refractivity contribution in [3.63, 3.8) is 0 Å². The highest BCUT2D eigenvalue weighted by Gasteiger charge is 2.10. The van der Waals surface area contributed by atoms with Gasteiger partial charge in [-0.3, -0.25) is 4.79 Å². The van der Waals surface area contributed by atoms with Crippen molar-refractivity contribution in [1.29, 1.82) is 0 Å². The van der Waals surface area contributed by atoms with Crippen molar-refractivity contribution in [3.05, 3.63) is 78.4 Å². The molecule has 1 heterocycles. The summed E-state index contributed by atoms with van der Waals surface area (Å²) >= 11 is 2.89. The lowest BCUT2D eigenvalue weighted by molar-refractivity contribution is -0.113. The zero-order valence-corrected chi connectivity index (χ0v) is 19.1. The van der Waals surface area contributed by atoms with Crippen molar-refractivity contribution >= 4 is 62.3 Å². The maximum atomic E-state index is 12.3. The summed E-state index contributed by atoms with van der Waals surface area (Å²) in [6, 6.07) is 22.4. The second-order valence-electron chi connectivity index (χ2n) is 6.99. The SMILES string of the molecule is CCc1ccc(NC(=O)Nc2ccc3nc(SCC(=O)Nc4ccccc4)sc3c2)cc1. The molecule has 0 fully saturated rings. The Morgan fingerprint density at radius 1 is 0.875 bits per heavy atom. The lowest BCUT2D eigenvalue weighted by Crippen LogP contribution is -2.19. The van der Waals surface area contributed by atoms with Crippen LogP contribution in [0.15, 0.2) is 77.1 Å². The summed E-state index contributed by atoms with van der Waals surface area (Å²) < 4.78 is 1.75. The van der Waals surface area contributed by atoms with Gasteiger partial charge in [0.1, 0.15) is 0 Å². The highest BCUT2D eigenvalue weighted by Crippen LogP contribution is 2.31. The normalized spacial score (nSPS) is 10.7. The van der Waals surface area contributed by atoms with Crippen LogP contribution in [-0.2, 0) is 11.2 Å². The number of hydrogen-bond donors (Lipinski definition) is 3. The summed E-state index contributed by atoms with van der Waals surface area (Å²) in [5.74, 6) is 0.199. The summed E-state index contributed by atoms with van der Waals surface area (Å²) in [6.45, 7) is 2.09. The Bertz CT molecular complexity index is 1220. The predicted octanol–water partition coefficient (Wildman–Crippen LogP) is 6.23. The van der Waals surface area contributed by atoms with Crippen LogP contribution in [-0.4, -0.2) is 22.7 Å². The molecule has 8 heteroatoms. The maximum absolute atomic E-state index is 12.3. The number of hydrogen-bond acceptors (Lipinski definition) is 5. The molecule has 6 nitrogen and oxygen atoms in total. The number of aromatic nitrogens is 1. The number of thioether (sulfide) groups is 1. The number of amides is 3. The Hall–Kier alpha value is -3.36. The fourth-order valence-electron chi connectivity index (χ4n) is 3.01. The Morgan fingerprint density at radius 2 is 1.56 bits per heavy atom. The molecule has 0 bridgehead atoms. The number of nitrogens with one attached hydrogen (secondary N) is 3. The zero-order valence-electron chi connectivity index (χ0n) is 17.4. The molecule has 3 amide bonds. The van der Waals surface area contributed by atoms with Gasteiger partial charge >= 0.3 is 6.03 Å². The summed E-state index contributed by atoms with van der Waals surface area (Å²) in [5, 5.41) is 8.56. The monoisotopic (exact) mass is 462 g/mol. The van der Waals surface area contributed by atoms with Gasteiger partial charge in [0.05, 0.1) is 16.0 Å². The van der Waals surface area contributed by atoms with Gasteiger partial charge in [-0.2, -0.15) is 0 Å². The van der Waals surface area contributed by atoms with E-state index in [9.17, 15) is 9.59 Å². The number of rotatable bonds is 7. The Balaban J connectivity index is 1.33. The number of nitrogens with zero attached hydrogens (tertiary/aromatic N) is 1. The molecule has 3 aromatic carbocycles. The molecule has 0 radical (unpaired) electrons. The summed E-state index contributed by atoms with van der Waals surface area (Å²) in [7, 11) is 0. The van der Waals surface area contributed by atoms with Crippen molar-refractivity contribution in [2.45, 2.75) is 17.7 Å². The third-order valence-electron chi connectivity index (χ3n) is 4.63. The third-order valence-corrected chi connectivity index (χ3v) is 6.79. The Labute approximate surface area is 194 Å². The molecule has 0 saturated heterocycles. The number of carbonyl (C=O) groups excluding carboxylic acids is 2. The minimum Gasteiger partial charge on any atom is -0.325 e. The minimum atomic E-state index is -0.301. The minimum absolute atomic E-state index is 0.0774. The van der Waals surface area contributed by atoms with Crippen LogP contribution in [0.4, 0.5) is 21.9 Å². The predicted molar refractivity (Wildman–Crippen MR) is 134 cm³/mol. The molecule has 0 saturated carbocycles. The van der Waals surface area contributed by atoms with Crippen LogP contribution >= 0.6 is 23.1 Å². The van der Waals surface area contributed by atoms with E-state index in [4.69, 9.17) is 0 Å². The quantitative estimate of drug-likeness (QED) is 0.284. The molecule has 4 aromatic rings. The first-order valence-electron chi connectivity index (χ1n) is 10.1. The van der Waals surface area contributed by atoms with E-state index in [1.165, 1.54) is 28.7 Å². The molecule has 0 unspecified atom stereocenters. The number of carbonyl (C=O) groups is 2. The van der Waals surface area contributed by atoms with Gasteiger partial charge in [-0.05, 0) is 54.4 Å². The van der Waals surface area contributed by atoms with Crippen molar-refractivity contribution in [1.82, 2.24) is 4.98 Å². The smallest absolute Gasteiger partial charge is 0.323 e. The molecule has 32 heavy (non-hydrogen) atoms. The van der Waals surface area contributed by atoms with E-state index in [2.05, 4.69) is 27.9 Å². The number of thiazole rings is 1. The van der Waals surface area contributed by atoms with Crippen LogP contribution in [0, 0.1) is 0 Å². The lowest BCUT2D eigenvalue weighted by Gasteiger charge is -2.08. The molecule has 0 aliphatic carbocycles. The Kier molecular flexibility index (Phi) is 7.03. The fourth-order valence-corrected chi connectivity index (χ4v) is 4.91. The van der Waals surface area contributed by atoms with Crippen molar-refractivity contribution in [3.8, 4) is 0 Å². The van der Waals surface area contributed by atoms with E-state index >= 15 is 0 Å². The van der Waals surface area contributed by atoms with Crippen molar-refractivity contribution in [2.24, 2.45) is 0 Å². The van der Waals surface area contributed by atoms with Crippen molar-refractivity contribution < 1.29 is 9.59 Å². The second-order valence-corrected chi connectivity index (χ2v) is 9.25. The van der Waals surface area contributed by atoms with E-state index in [0.717, 1.165) is 32.4 Å². The summed E-state index contributed by atoms with van der Waals surface area (Å²) in [6.07, 6.45) is 0.958. The lowest BCUT2D eigenvalue weighted by atomic mass is 10.1. The average molecular weight is 463 g/mol. The number of anilines is 3. The van der Waals surface area contributed by atoms with Gasteiger partial charge in [-0.25, -0.2) is 9.78 Å². The molecular formula is C24H22N4O2S2. The second kappa shape index (κ2) is 10.3. The highest BCUT2D eigenvalue weighted by atomic mass is 32.2. The molecular weight excluding hydrogens is 440 g/mol. The standard InChI is InChI=1S/C24H22N4O2S2/c1-2-16-8-10-18(11-9-16)26-23(30)27-19-12-13-20-21(14-19)32-24(28-20)31-15-22(29)25-17-6-4-3-5-7-17/h3-14H,2,15H2,1H3,(H,25,29)(H2,26,27,30). The molecule has 0 aliphatic rings. The van der Waals surface area contributed by atoms with Gasteiger partial charge in [0.25, 0.3) is 0 Å². The molecule has 162 valence electrons. The van der Waals surface area contributed by atoms with E-state index < -0.39 is 0 Å². The van der Waals surface area contributed by atoms with Gasteiger partial charge < -0.3 is 16.0 Å². The molecule has 0 aliphatic heterocycles. The topological polar surface area (TPSA) is 83.1 Å². The van der Waals surface area contributed by atoms with Crippen LogP contribution in [0.3, 0.4) is 0 Å². The van der Waals surface area contributed by atoms with Crippen LogP contribution in [0.2, 0.25) is 0 Å². The number of aryl methyl sites for hydroxylation is 1. The average Bonchev–Trinajstić information content (AvgIpc) is 3.21. The van der Waals surface area contributed by atoms with Crippen LogP contribution < -0.4 is 16.0 Å². The highest BCUT2D eigenvalue weighted by molar-refractivity contribution is 8.01. The molecule has 0 spiro atoms. The largest absolute Gasteiger partial charge is 0.325 e. The first kappa shape index (κ1) is 21.9. The number of fused-ring (bicyclic) bond motifs is 1. The summed E-state index contributed by atoms with van der Waals surface area (Å²) in [5.41, 5.74) is 4.26. The maximum Gasteiger partial charge on any atom is 0.323 e. The first-order chi connectivity index (χ1) is 15.6. The molecule has 0 atom stereocenters. The van der Waals surface area contributed by atoms with Crippen molar-refractivity contribution in [2.75, 3.05) is 21.7 Å². The first-order valence-corrected chi connectivity index (χ1v) is 11.9. The third kappa shape index (κ3) is 5.87. The zero-order chi connectivity index (χ0) is 22.3.